The van der Waals surface area contributed by atoms with E-state index in [4.69, 9.17) is 0 Å². The monoisotopic (exact) mass is 349 g/mol. The molecule has 4 rings (SSSR count). The van der Waals surface area contributed by atoms with Crippen LogP contribution in [0.5, 0.6) is 0 Å². The van der Waals surface area contributed by atoms with E-state index in [-0.39, 0.29) is 0 Å². The summed E-state index contributed by atoms with van der Waals surface area (Å²) in [6, 6.07) is 5.77. The smallest absolute Gasteiger partial charge is 0.178 e. The number of aromatic nitrogens is 5. The molecule has 0 aromatic carbocycles. The SMILES string of the molecule is Cn1ccnc1CN1CCN(Cc2cnc(-c3ccccn3)nc2)CC1. The predicted molar refractivity (Wildman–Crippen MR) is 99.0 cm³/mol. The van der Waals surface area contributed by atoms with Crippen LogP contribution in [0.15, 0.2) is 49.2 Å². The molecule has 0 atom stereocenters. The van der Waals surface area contributed by atoms with Crippen LogP contribution in [0.2, 0.25) is 0 Å². The Labute approximate surface area is 153 Å². The minimum absolute atomic E-state index is 0.675. The van der Waals surface area contributed by atoms with Gasteiger partial charge in [0.15, 0.2) is 5.82 Å². The molecule has 1 aliphatic heterocycles. The maximum atomic E-state index is 4.47. The lowest BCUT2D eigenvalue weighted by atomic mass is 10.2. The summed E-state index contributed by atoms with van der Waals surface area (Å²) >= 11 is 0. The molecule has 0 spiro atoms. The van der Waals surface area contributed by atoms with Crippen molar-refractivity contribution in [2.24, 2.45) is 7.05 Å². The summed E-state index contributed by atoms with van der Waals surface area (Å²) in [4.78, 5) is 22.6. The number of rotatable bonds is 5. The number of aryl methyl sites for hydroxylation is 1. The lowest BCUT2D eigenvalue weighted by Crippen LogP contribution is -2.45. The molecule has 0 N–H and O–H groups in total. The average Bonchev–Trinajstić information content (AvgIpc) is 3.09. The summed E-state index contributed by atoms with van der Waals surface area (Å²) in [5, 5.41) is 0. The zero-order chi connectivity index (χ0) is 17.8. The van der Waals surface area contributed by atoms with Gasteiger partial charge in [-0.15, -0.1) is 0 Å². The molecule has 0 amide bonds. The Morgan fingerprint density at radius 2 is 1.58 bits per heavy atom. The van der Waals surface area contributed by atoms with Crippen molar-refractivity contribution in [3.63, 3.8) is 0 Å². The number of hydrogen-bond donors (Lipinski definition) is 0. The van der Waals surface area contributed by atoms with Gasteiger partial charge in [-0.3, -0.25) is 14.8 Å². The van der Waals surface area contributed by atoms with E-state index in [1.165, 1.54) is 0 Å². The Morgan fingerprint density at radius 3 is 2.19 bits per heavy atom. The molecule has 0 saturated carbocycles. The van der Waals surface area contributed by atoms with Crippen molar-refractivity contribution in [2.45, 2.75) is 13.1 Å². The van der Waals surface area contributed by atoms with Gasteiger partial charge < -0.3 is 4.57 Å². The van der Waals surface area contributed by atoms with E-state index >= 15 is 0 Å². The molecule has 4 heterocycles. The highest BCUT2D eigenvalue weighted by molar-refractivity contribution is 5.47. The van der Waals surface area contributed by atoms with Crippen LogP contribution < -0.4 is 0 Å². The van der Waals surface area contributed by atoms with E-state index in [2.05, 4.69) is 34.3 Å². The van der Waals surface area contributed by atoms with Crippen molar-refractivity contribution in [3.8, 4) is 11.5 Å². The van der Waals surface area contributed by atoms with Crippen molar-refractivity contribution in [1.82, 2.24) is 34.3 Å². The third-order valence-corrected chi connectivity index (χ3v) is 4.76. The van der Waals surface area contributed by atoms with Gasteiger partial charge in [0.25, 0.3) is 0 Å². The summed E-state index contributed by atoms with van der Waals surface area (Å²) < 4.78 is 2.09. The Bertz CT molecular complexity index is 821. The Morgan fingerprint density at radius 1 is 0.846 bits per heavy atom. The van der Waals surface area contributed by atoms with Crippen LogP contribution in [0.1, 0.15) is 11.4 Å². The number of nitrogens with zero attached hydrogens (tertiary/aromatic N) is 7. The predicted octanol–water partition coefficient (Wildman–Crippen LogP) is 1.59. The summed E-state index contributed by atoms with van der Waals surface area (Å²) in [7, 11) is 2.05. The first kappa shape index (κ1) is 16.8. The summed E-state index contributed by atoms with van der Waals surface area (Å²) in [5.74, 6) is 1.80. The highest BCUT2D eigenvalue weighted by Crippen LogP contribution is 2.13. The lowest BCUT2D eigenvalue weighted by Gasteiger charge is -2.34. The maximum Gasteiger partial charge on any atom is 0.178 e. The standard InChI is InChI=1S/C19H23N7/c1-24-7-6-21-18(24)15-26-10-8-25(9-11-26)14-16-12-22-19(23-13-16)17-4-2-3-5-20-17/h2-7,12-13H,8-11,14-15H2,1H3. The molecule has 3 aromatic rings. The third-order valence-electron chi connectivity index (χ3n) is 4.76. The minimum atomic E-state index is 0.675. The van der Waals surface area contributed by atoms with Gasteiger partial charge in [-0.1, -0.05) is 6.07 Å². The van der Waals surface area contributed by atoms with Crippen molar-refractivity contribution < 1.29 is 0 Å². The molecule has 7 heteroatoms. The number of hydrogen-bond acceptors (Lipinski definition) is 6. The van der Waals surface area contributed by atoms with Gasteiger partial charge in [-0.2, -0.15) is 0 Å². The first-order valence-electron chi connectivity index (χ1n) is 8.91. The van der Waals surface area contributed by atoms with Crippen molar-refractivity contribution in [1.29, 1.82) is 0 Å². The second-order valence-corrected chi connectivity index (χ2v) is 6.64. The first-order chi connectivity index (χ1) is 12.8. The zero-order valence-electron chi connectivity index (χ0n) is 15.0. The van der Waals surface area contributed by atoms with Crippen LogP contribution in [-0.4, -0.2) is 60.5 Å². The molecule has 0 unspecified atom stereocenters. The van der Waals surface area contributed by atoms with E-state index in [1.807, 2.05) is 50.0 Å². The van der Waals surface area contributed by atoms with E-state index in [0.29, 0.717) is 5.82 Å². The highest BCUT2D eigenvalue weighted by atomic mass is 15.3. The average molecular weight is 349 g/mol. The van der Waals surface area contributed by atoms with Gasteiger partial charge >= 0.3 is 0 Å². The Kier molecular flexibility index (Phi) is 4.99. The topological polar surface area (TPSA) is 63.0 Å². The third kappa shape index (κ3) is 3.95. The molecule has 26 heavy (non-hydrogen) atoms. The van der Waals surface area contributed by atoms with E-state index < -0.39 is 0 Å². The minimum Gasteiger partial charge on any atom is -0.337 e. The Balaban J connectivity index is 1.30. The maximum absolute atomic E-state index is 4.47. The molecule has 1 fully saturated rings. The molecular weight excluding hydrogens is 326 g/mol. The van der Waals surface area contributed by atoms with Crippen LogP contribution in [0.25, 0.3) is 11.5 Å². The van der Waals surface area contributed by atoms with Crippen LogP contribution in [0.3, 0.4) is 0 Å². The zero-order valence-corrected chi connectivity index (χ0v) is 15.0. The van der Waals surface area contributed by atoms with Gasteiger partial charge in [-0.05, 0) is 12.1 Å². The van der Waals surface area contributed by atoms with Crippen LogP contribution in [-0.2, 0) is 20.1 Å². The molecule has 0 radical (unpaired) electrons. The van der Waals surface area contributed by atoms with Gasteiger partial charge in [0.05, 0.1) is 6.54 Å². The molecule has 0 aliphatic carbocycles. The lowest BCUT2D eigenvalue weighted by molar-refractivity contribution is 0.119. The molecule has 134 valence electrons. The van der Waals surface area contributed by atoms with Crippen molar-refractivity contribution in [2.75, 3.05) is 26.2 Å². The molecule has 3 aromatic heterocycles. The number of imidazole rings is 1. The molecule has 1 aliphatic rings. The second-order valence-electron chi connectivity index (χ2n) is 6.64. The highest BCUT2D eigenvalue weighted by Gasteiger charge is 2.18. The number of piperazine rings is 1. The van der Waals surface area contributed by atoms with E-state index in [1.54, 1.807) is 6.20 Å². The molecule has 7 nitrogen and oxygen atoms in total. The summed E-state index contributed by atoms with van der Waals surface area (Å²) in [6.45, 7) is 6.01. The summed E-state index contributed by atoms with van der Waals surface area (Å²) in [6.07, 6.45) is 9.45. The van der Waals surface area contributed by atoms with E-state index in [0.717, 1.165) is 56.4 Å². The quantitative estimate of drug-likeness (QED) is 0.697. The molecule has 1 saturated heterocycles. The van der Waals surface area contributed by atoms with Crippen molar-refractivity contribution >= 4 is 0 Å². The molecular formula is C19H23N7. The Hall–Kier alpha value is -2.64. The second kappa shape index (κ2) is 7.72. The van der Waals surface area contributed by atoms with Crippen LogP contribution >= 0.6 is 0 Å². The summed E-state index contributed by atoms with van der Waals surface area (Å²) in [5.41, 5.74) is 1.95. The largest absolute Gasteiger partial charge is 0.337 e. The molecule has 0 bridgehead atoms. The van der Waals surface area contributed by atoms with Crippen LogP contribution in [0, 0.1) is 0 Å². The fourth-order valence-electron chi connectivity index (χ4n) is 3.18. The fourth-order valence-corrected chi connectivity index (χ4v) is 3.18. The van der Waals surface area contributed by atoms with E-state index in [9.17, 15) is 0 Å². The number of pyridine rings is 1. The van der Waals surface area contributed by atoms with Gasteiger partial charge in [-0.25, -0.2) is 15.0 Å². The fraction of sp³-hybridized carbons (Fsp3) is 0.368. The van der Waals surface area contributed by atoms with Gasteiger partial charge in [0.1, 0.15) is 11.5 Å². The van der Waals surface area contributed by atoms with Crippen molar-refractivity contribution in [3.05, 3.63) is 60.6 Å². The normalized spacial score (nSPS) is 16.0. The van der Waals surface area contributed by atoms with Crippen LogP contribution in [0.4, 0.5) is 0 Å². The van der Waals surface area contributed by atoms with Gasteiger partial charge in [0, 0.05) is 76.3 Å². The first-order valence-corrected chi connectivity index (χ1v) is 8.91. The van der Waals surface area contributed by atoms with Gasteiger partial charge in [0.2, 0.25) is 0 Å².